The average molecular weight is 399 g/mol. The smallest absolute Gasteiger partial charge is 0.240 e. The van der Waals surface area contributed by atoms with Crippen LogP contribution in [-0.4, -0.2) is 63.9 Å². The maximum absolute atomic E-state index is 12.9. The third-order valence-electron chi connectivity index (χ3n) is 6.28. The molecule has 2 saturated heterocycles. The second kappa shape index (κ2) is 7.44. The van der Waals surface area contributed by atoms with Crippen LogP contribution in [0.2, 0.25) is 0 Å². The van der Waals surface area contributed by atoms with E-state index >= 15 is 0 Å². The first-order valence-electron chi connectivity index (χ1n) is 10.1. The monoisotopic (exact) mass is 398 g/mol. The SMILES string of the molecule is O=C(CC1CN[C@H](C(=O)N2CCSC2)C1)N1CCc2c([nH]c3ccccc23)C1. The van der Waals surface area contributed by atoms with E-state index in [-0.39, 0.29) is 23.8 Å². The molecule has 1 aromatic heterocycles. The van der Waals surface area contributed by atoms with Gasteiger partial charge in [0.2, 0.25) is 11.8 Å². The highest BCUT2D eigenvalue weighted by molar-refractivity contribution is 7.99. The molecule has 148 valence electrons. The molecule has 7 heteroatoms. The number of H-pyrrole nitrogens is 1. The molecule has 5 rings (SSSR count). The van der Waals surface area contributed by atoms with Crippen molar-refractivity contribution < 1.29 is 9.59 Å². The molecular formula is C21H26N4O2S. The van der Waals surface area contributed by atoms with Crippen LogP contribution in [0.15, 0.2) is 24.3 Å². The topological polar surface area (TPSA) is 68.4 Å². The molecule has 0 aliphatic carbocycles. The standard InChI is InChI=1S/C21H26N4O2S/c26-20(10-14-9-18(22-11-14)21(27)25-7-8-28-13-25)24-6-5-16-15-3-1-2-4-17(15)23-19(16)12-24/h1-4,14,18,22-23H,5-13H2/t14?,18-/m0/s1. The van der Waals surface area contributed by atoms with Gasteiger partial charge in [0.1, 0.15) is 0 Å². The Morgan fingerprint density at radius 1 is 1.18 bits per heavy atom. The molecule has 0 spiro atoms. The number of thioether (sulfide) groups is 1. The molecule has 28 heavy (non-hydrogen) atoms. The van der Waals surface area contributed by atoms with Gasteiger partial charge in [0.05, 0.1) is 18.5 Å². The van der Waals surface area contributed by atoms with E-state index in [2.05, 4.69) is 28.5 Å². The fraction of sp³-hybridized carbons (Fsp3) is 0.524. The fourth-order valence-corrected chi connectivity index (χ4v) is 5.70. The van der Waals surface area contributed by atoms with Crippen LogP contribution < -0.4 is 5.32 Å². The molecule has 0 radical (unpaired) electrons. The van der Waals surface area contributed by atoms with Crippen molar-refractivity contribution in [2.75, 3.05) is 31.3 Å². The summed E-state index contributed by atoms with van der Waals surface area (Å²) in [6, 6.07) is 8.25. The third-order valence-corrected chi connectivity index (χ3v) is 7.25. The molecule has 1 unspecified atom stereocenters. The minimum Gasteiger partial charge on any atom is -0.357 e. The van der Waals surface area contributed by atoms with Crippen LogP contribution in [0.25, 0.3) is 10.9 Å². The second-order valence-electron chi connectivity index (χ2n) is 8.10. The zero-order valence-corrected chi connectivity index (χ0v) is 16.8. The average Bonchev–Trinajstić information content (AvgIpc) is 3.46. The lowest BCUT2D eigenvalue weighted by atomic mass is 9.98. The number of carbonyl (C=O) groups is 2. The molecule has 6 nitrogen and oxygen atoms in total. The number of para-hydroxylation sites is 1. The zero-order chi connectivity index (χ0) is 19.1. The van der Waals surface area contributed by atoms with Crippen molar-refractivity contribution in [1.82, 2.24) is 20.1 Å². The molecule has 4 heterocycles. The predicted octanol–water partition coefficient (Wildman–Crippen LogP) is 1.95. The van der Waals surface area contributed by atoms with E-state index in [0.717, 1.165) is 49.6 Å². The molecule has 2 fully saturated rings. The van der Waals surface area contributed by atoms with Gasteiger partial charge in [0, 0.05) is 41.9 Å². The summed E-state index contributed by atoms with van der Waals surface area (Å²) >= 11 is 1.81. The number of amides is 2. The number of hydrogen-bond donors (Lipinski definition) is 2. The summed E-state index contributed by atoms with van der Waals surface area (Å²) < 4.78 is 0. The van der Waals surface area contributed by atoms with Crippen LogP contribution in [-0.2, 0) is 22.6 Å². The number of nitrogens with zero attached hydrogens (tertiary/aromatic N) is 2. The van der Waals surface area contributed by atoms with Gasteiger partial charge < -0.3 is 20.1 Å². The third kappa shape index (κ3) is 3.31. The van der Waals surface area contributed by atoms with Gasteiger partial charge in [-0.1, -0.05) is 18.2 Å². The first-order chi connectivity index (χ1) is 13.7. The van der Waals surface area contributed by atoms with Crippen molar-refractivity contribution in [1.29, 1.82) is 0 Å². The van der Waals surface area contributed by atoms with Gasteiger partial charge in [-0.15, -0.1) is 11.8 Å². The van der Waals surface area contributed by atoms with Gasteiger partial charge in [-0.2, -0.15) is 0 Å². The van der Waals surface area contributed by atoms with Crippen LogP contribution in [0.1, 0.15) is 24.1 Å². The molecule has 2 atom stereocenters. The van der Waals surface area contributed by atoms with Crippen molar-refractivity contribution in [2.45, 2.75) is 31.8 Å². The van der Waals surface area contributed by atoms with Gasteiger partial charge in [0.15, 0.2) is 0 Å². The van der Waals surface area contributed by atoms with Crippen LogP contribution >= 0.6 is 11.8 Å². The van der Waals surface area contributed by atoms with Crippen molar-refractivity contribution in [3.05, 3.63) is 35.5 Å². The summed E-state index contributed by atoms with van der Waals surface area (Å²) in [7, 11) is 0. The van der Waals surface area contributed by atoms with Gasteiger partial charge in [-0.25, -0.2) is 0 Å². The Bertz CT molecular complexity index is 905. The Kier molecular flexibility index (Phi) is 4.80. The van der Waals surface area contributed by atoms with Gasteiger partial charge in [-0.3, -0.25) is 9.59 Å². The van der Waals surface area contributed by atoms with Crippen LogP contribution in [0.5, 0.6) is 0 Å². The number of aromatic amines is 1. The van der Waals surface area contributed by atoms with E-state index in [0.29, 0.717) is 13.0 Å². The van der Waals surface area contributed by atoms with Crippen molar-refractivity contribution >= 4 is 34.5 Å². The van der Waals surface area contributed by atoms with Gasteiger partial charge >= 0.3 is 0 Å². The molecule has 2 N–H and O–H groups in total. The highest BCUT2D eigenvalue weighted by atomic mass is 32.2. The van der Waals surface area contributed by atoms with E-state index in [1.807, 2.05) is 27.6 Å². The highest BCUT2D eigenvalue weighted by Crippen LogP contribution is 2.29. The highest BCUT2D eigenvalue weighted by Gasteiger charge is 2.35. The largest absolute Gasteiger partial charge is 0.357 e. The summed E-state index contributed by atoms with van der Waals surface area (Å²) in [5.41, 5.74) is 3.68. The number of nitrogens with one attached hydrogen (secondary N) is 2. The summed E-state index contributed by atoms with van der Waals surface area (Å²) in [5, 5.41) is 4.63. The lowest BCUT2D eigenvalue weighted by Crippen LogP contribution is -2.42. The van der Waals surface area contributed by atoms with E-state index in [1.165, 1.54) is 16.6 Å². The number of aromatic nitrogens is 1. The quantitative estimate of drug-likeness (QED) is 0.829. The lowest BCUT2D eigenvalue weighted by molar-refractivity contribution is -0.134. The Labute approximate surface area is 169 Å². The van der Waals surface area contributed by atoms with Crippen molar-refractivity contribution in [3.63, 3.8) is 0 Å². The van der Waals surface area contributed by atoms with Crippen LogP contribution in [0.3, 0.4) is 0 Å². The number of hydrogen-bond acceptors (Lipinski definition) is 4. The van der Waals surface area contributed by atoms with Crippen LogP contribution in [0.4, 0.5) is 0 Å². The molecule has 3 aliphatic rings. The minimum absolute atomic E-state index is 0.113. The molecule has 2 amide bonds. The van der Waals surface area contributed by atoms with E-state index in [4.69, 9.17) is 0 Å². The van der Waals surface area contributed by atoms with Crippen molar-refractivity contribution in [3.8, 4) is 0 Å². The number of rotatable bonds is 3. The maximum Gasteiger partial charge on any atom is 0.240 e. The normalized spacial score (nSPS) is 24.7. The first kappa shape index (κ1) is 18.1. The summed E-state index contributed by atoms with van der Waals surface area (Å²) in [5.74, 6) is 2.51. The van der Waals surface area contributed by atoms with E-state index in [1.54, 1.807) is 0 Å². The lowest BCUT2D eigenvalue weighted by Gasteiger charge is -2.28. The molecule has 3 aliphatic heterocycles. The Morgan fingerprint density at radius 3 is 2.93 bits per heavy atom. The Morgan fingerprint density at radius 2 is 2.07 bits per heavy atom. The van der Waals surface area contributed by atoms with Crippen molar-refractivity contribution in [2.24, 2.45) is 5.92 Å². The summed E-state index contributed by atoms with van der Waals surface area (Å²) in [6.07, 6.45) is 2.21. The maximum atomic E-state index is 12.9. The molecule has 1 aromatic carbocycles. The van der Waals surface area contributed by atoms with E-state index in [9.17, 15) is 9.59 Å². The van der Waals surface area contributed by atoms with Crippen LogP contribution in [0, 0.1) is 5.92 Å². The molecule has 0 saturated carbocycles. The zero-order valence-electron chi connectivity index (χ0n) is 15.9. The number of fused-ring (bicyclic) bond motifs is 3. The minimum atomic E-state index is -0.113. The fourth-order valence-electron chi connectivity index (χ4n) is 4.74. The number of carbonyl (C=O) groups excluding carboxylic acids is 2. The Hall–Kier alpha value is -1.99. The number of benzene rings is 1. The molecule has 0 bridgehead atoms. The summed E-state index contributed by atoms with van der Waals surface area (Å²) in [6.45, 7) is 3.05. The predicted molar refractivity (Wildman–Crippen MR) is 111 cm³/mol. The Balaban J connectivity index is 1.19. The summed E-state index contributed by atoms with van der Waals surface area (Å²) in [4.78, 5) is 32.9. The van der Waals surface area contributed by atoms with E-state index < -0.39 is 0 Å². The van der Waals surface area contributed by atoms with Gasteiger partial charge in [0.25, 0.3) is 0 Å². The second-order valence-corrected chi connectivity index (χ2v) is 9.17. The molecular weight excluding hydrogens is 372 g/mol. The van der Waals surface area contributed by atoms with Gasteiger partial charge in [-0.05, 0) is 36.9 Å². The molecule has 2 aromatic rings. The first-order valence-corrected chi connectivity index (χ1v) is 11.3.